The number of imidazole rings is 1. The third-order valence-corrected chi connectivity index (χ3v) is 5.59. The second-order valence-electron chi connectivity index (χ2n) is 7.70. The summed E-state index contributed by atoms with van der Waals surface area (Å²) >= 11 is 5.99. The molecule has 0 aliphatic carbocycles. The fourth-order valence-electron chi connectivity index (χ4n) is 3.68. The van der Waals surface area contributed by atoms with E-state index in [4.69, 9.17) is 16.3 Å². The summed E-state index contributed by atoms with van der Waals surface area (Å²) in [7, 11) is 1.42. The van der Waals surface area contributed by atoms with E-state index in [9.17, 15) is 22.8 Å². The molecule has 11 heteroatoms. The number of nitrogens with zero attached hydrogens (tertiary/aromatic N) is 2. The molecule has 0 saturated carbocycles. The standard InChI is InChI=1S/C23H20ClF3N4O3/c1-34-12-19(20-28-17-7-5-14(24)11-18(17)29-20)30-21(32)13-4-6-15(16(10-13)23(25,26)27)22(33)31-8-2-3-9-31/h2-7,10-11,19H,8-9,12H2,1H3,(H,28,29)(H,30,32)/t19-/m0/s1. The van der Waals surface area contributed by atoms with E-state index < -0.39 is 35.2 Å². The van der Waals surface area contributed by atoms with Gasteiger partial charge in [-0.05, 0) is 36.4 Å². The van der Waals surface area contributed by atoms with Gasteiger partial charge in [-0.25, -0.2) is 4.98 Å². The minimum atomic E-state index is -4.82. The highest BCUT2D eigenvalue weighted by Crippen LogP contribution is 2.34. The third-order valence-electron chi connectivity index (χ3n) is 5.36. The van der Waals surface area contributed by atoms with Gasteiger partial charge in [-0.15, -0.1) is 0 Å². The molecule has 7 nitrogen and oxygen atoms in total. The van der Waals surface area contributed by atoms with Gasteiger partial charge >= 0.3 is 6.18 Å². The van der Waals surface area contributed by atoms with Gasteiger partial charge < -0.3 is 19.9 Å². The van der Waals surface area contributed by atoms with Crippen LogP contribution in [0.3, 0.4) is 0 Å². The zero-order valence-electron chi connectivity index (χ0n) is 17.9. The van der Waals surface area contributed by atoms with E-state index in [0.717, 1.165) is 6.07 Å². The first-order chi connectivity index (χ1) is 16.2. The van der Waals surface area contributed by atoms with Gasteiger partial charge in [0.25, 0.3) is 11.8 Å². The predicted molar refractivity (Wildman–Crippen MR) is 120 cm³/mol. The molecule has 2 amide bonds. The van der Waals surface area contributed by atoms with E-state index in [-0.39, 0.29) is 25.3 Å². The lowest BCUT2D eigenvalue weighted by molar-refractivity contribution is -0.138. The van der Waals surface area contributed by atoms with Crippen molar-refractivity contribution in [3.8, 4) is 0 Å². The van der Waals surface area contributed by atoms with E-state index in [0.29, 0.717) is 27.9 Å². The third kappa shape index (κ3) is 4.92. The zero-order chi connectivity index (χ0) is 24.5. The van der Waals surface area contributed by atoms with Crippen LogP contribution in [0.2, 0.25) is 5.02 Å². The second-order valence-corrected chi connectivity index (χ2v) is 8.14. The molecule has 3 aromatic rings. The molecule has 2 aromatic carbocycles. The number of aromatic nitrogens is 2. The number of fused-ring (bicyclic) bond motifs is 1. The lowest BCUT2D eigenvalue weighted by atomic mass is 10.0. The number of hydrogen-bond donors (Lipinski definition) is 2. The van der Waals surface area contributed by atoms with Crippen LogP contribution in [-0.4, -0.2) is 53.5 Å². The van der Waals surface area contributed by atoms with Crippen LogP contribution < -0.4 is 5.32 Å². The topological polar surface area (TPSA) is 87.3 Å². The van der Waals surface area contributed by atoms with Crippen molar-refractivity contribution in [2.24, 2.45) is 0 Å². The number of rotatable bonds is 6. The van der Waals surface area contributed by atoms with Gasteiger partial charge in [-0.3, -0.25) is 9.59 Å². The summed E-state index contributed by atoms with van der Waals surface area (Å²) in [5.41, 5.74) is -0.678. The van der Waals surface area contributed by atoms with Crippen LogP contribution in [0, 0.1) is 0 Å². The van der Waals surface area contributed by atoms with Crippen molar-refractivity contribution >= 4 is 34.4 Å². The number of carbonyl (C=O) groups is 2. The SMILES string of the molecule is COC[C@H](NC(=O)c1ccc(C(=O)N2CC=CC2)c(C(F)(F)F)c1)c1nc2cc(Cl)ccc2[nH]1. The lowest BCUT2D eigenvalue weighted by Crippen LogP contribution is -2.33. The molecule has 0 saturated heterocycles. The number of nitrogens with one attached hydrogen (secondary N) is 2. The second kappa shape index (κ2) is 9.47. The van der Waals surface area contributed by atoms with Crippen LogP contribution in [0.15, 0.2) is 48.6 Å². The molecule has 4 rings (SSSR count). The highest BCUT2D eigenvalue weighted by Gasteiger charge is 2.37. The summed E-state index contributed by atoms with van der Waals surface area (Å²) in [4.78, 5) is 34.2. The molecule has 1 aliphatic rings. The van der Waals surface area contributed by atoms with Gasteiger partial charge in [-0.2, -0.15) is 13.2 Å². The molecule has 178 valence electrons. The average Bonchev–Trinajstić information content (AvgIpc) is 3.47. The fourth-order valence-corrected chi connectivity index (χ4v) is 3.85. The number of methoxy groups -OCH3 is 1. The molecule has 1 atom stereocenters. The Morgan fingerprint density at radius 1 is 1.21 bits per heavy atom. The van der Waals surface area contributed by atoms with Crippen molar-refractivity contribution in [1.29, 1.82) is 0 Å². The average molecular weight is 493 g/mol. The van der Waals surface area contributed by atoms with Gasteiger partial charge in [0, 0.05) is 30.8 Å². The van der Waals surface area contributed by atoms with Crippen LogP contribution in [0.1, 0.15) is 38.1 Å². The van der Waals surface area contributed by atoms with Crippen molar-refractivity contribution in [3.63, 3.8) is 0 Å². The molecule has 0 spiro atoms. The first kappa shape index (κ1) is 23.8. The Morgan fingerprint density at radius 3 is 2.62 bits per heavy atom. The maximum atomic E-state index is 13.8. The molecule has 2 heterocycles. The van der Waals surface area contributed by atoms with Crippen LogP contribution in [0.25, 0.3) is 11.0 Å². The van der Waals surface area contributed by atoms with Crippen molar-refractivity contribution in [3.05, 3.63) is 76.1 Å². The number of halogens is 4. The van der Waals surface area contributed by atoms with E-state index in [1.807, 2.05) is 0 Å². The van der Waals surface area contributed by atoms with Crippen molar-refractivity contribution in [2.45, 2.75) is 12.2 Å². The summed E-state index contributed by atoms with van der Waals surface area (Å²) < 4.78 is 46.5. The highest BCUT2D eigenvalue weighted by atomic mass is 35.5. The molecule has 0 radical (unpaired) electrons. The monoisotopic (exact) mass is 492 g/mol. The largest absolute Gasteiger partial charge is 0.417 e. The van der Waals surface area contributed by atoms with Gasteiger partial charge in [0.1, 0.15) is 11.9 Å². The Morgan fingerprint density at radius 2 is 1.94 bits per heavy atom. The van der Waals surface area contributed by atoms with Crippen LogP contribution >= 0.6 is 11.6 Å². The normalized spacial score (nSPS) is 14.6. The van der Waals surface area contributed by atoms with E-state index in [2.05, 4.69) is 15.3 Å². The summed E-state index contributed by atoms with van der Waals surface area (Å²) in [5, 5.41) is 3.13. The first-order valence-electron chi connectivity index (χ1n) is 10.3. The molecule has 34 heavy (non-hydrogen) atoms. The number of benzene rings is 2. The van der Waals surface area contributed by atoms with Crippen LogP contribution in [0.4, 0.5) is 13.2 Å². The Kier molecular flexibility index (Phi) is 6.63. The van der Waals surface area contributed by atoms with Crippen molar-refractivity contribution in [2.75, 3.05) is 26.8 Å². The number of H-pyrrole nitrogens is 1. The van der Waals surface area contributed by atoms with Gasteiger partial charge in [0.2, 0.25) is 0 Å². The number of hydrogen-bond acceptors (Lipinski definition) is 4. The maximum Gasteiger partial charge on any atom is 0.417 e. The quantitative estimate of drug-likeness (QED) is 0.500. The van der Waals surface area contributed by atoms with E-state index in [1.165, 1.54) is 18.1 Å². The number of amides is 2. The van der Waals surface area contributed by atoms with Crippen molar-refractivity contribution in [1.82, 2.24) is 20.2 Å². The molecular formula is C23H20ClF3N4O3. The Balaban J connectivity index is 1.61. The maximum absolute atomic E-state index is 13.8. The Bertz CT molecular complexity index is 1260. The minimum Gasteiger partial charge on any atom is -0.382 e. The Hall–Kier alpha value is -3.37. The van der Waals surface area contributed by atoms with Crippen molar-refractivity contribution < 1.29 is 27.5 Å². The van der Waals surface area contributed by atoms with Gasteiger partial charge in [0.15, 0.2) is 0 Å². The first-order valence-corrected chi connectivity index (χ1v) is 10.7. The zero-order valence-corrected chi connectivity index (χ0v) is 18.7. The Labute approximate surface area is 197 Å². The summed E-state index contributed by atoms with van der Waals surface area (Å²) in [6, 6.07) is 7.19. The van der Waals surface area contributed by atoms with Gasteiger partial charge in [-0.1, -0.05) is 23.8 Å². The van der Waals surface area contributed by atoms with Crippen LogP contribution in [0.5, 0.6) is 0 Å². The molecule has 0 fully saturated rings. The molecular weight excluding hydrogens is 473 g/mol. The fraction of sp³-hybridized carbons (Fsp3) is 0.261. The number of aromatic amines is 1. The lowest BCUT2D eigenvalue weighted by Gasteiger charge is -2.20. The smallest absolute Gasteiger partial charge is 0.382 e. The van der Waals surface area contributed by atoms with E-state index >= 15 is 0 Å². The van der Waals surface area contributed by atoms with Crippen LogP contribution in [-0.2, 0) is 10.9 Å². The minimum absolute atomic E-state index is 0.0178. The predicted octanol–water partition coefficient (Wildman–Crippen LogP) is 4.36. The molecule has 0 unspecified atom stereocenters. The van der Waals surface area contributed by atoms with E-state index in [1.54, 1.807) is 30.4 Å². The number of alkyl halides is 3. The highest BCUT2D eigenvalue weighted by molar-refractivity contribution is 6.31. The molecule has 1 aliphatic heterocycles. The number of ether oxygens (including phenoxy) is 1. The number of carbonyl (C=O) groups excluding carboxylic acids is 2. The molecule has 0 bridgehead atoms. The van der Waals surface area contributed by atoms with Gasteiger partial charge in [0.05, 0.1) is 28.8 Å². The summed E-state index contributed by atoms with van der Waals surface area (Å²) in [6.07, 6.45) is -1.41. The summed E-state index contributed by atoms with van der Waals surface area (Å²) in [5.74, 6) is -1.16. The summed E-state index contributed by atoms with van der Waals surface area (Å²) in [6.45, 7) is 0.490. The molecule has 1 aromatic heterocycles. The molecule has 2 N–H and O–H groups in total.